The Morgan fingerprint density at radius 1 is 1.05 bits per heavy atom. The first-order chi connectivity index (χ1) is 20.1. The van der Waals surface area contributed by atoms with E-state index in [0.717, 1.165) is 16.7 Å². The monoisotopic (exact) mass is 602 g/mol. The van der Waals surface area contributed by atoms with Crippen LogP contribution in [0.4, 0.5) is 0 Å². The fourth-order valence-electron chi connectivity index (χ4n) is 4.54. The number of hydrogen-bond acceptors (Lipinski definition) is 7. The summed E-state index contributed by atoms with van der Waals surface area (Å²) >= 11 is 7.38. The molecule has 2 heterocycles. The van der Waals surface area contributed by atoms with Crippen molar-refractivity contribution < 1.29 is 24.2 Å². The van der Waals surface area contributed by atoms with E-state index in [2.05, 4.69) is 4.99 Å². The van der Waals surface area contributed by atoms with E-state index in [4.69, 9.17) is 26.2 Å². The molecule has 0 fully saturated rings. The maximum Gasteiger partial charge on any atom is 0.338 e. The van der Waals surface area contributed by atoms with Gasteiger partial charge in [0.15, 0.2) is 4.80 Å². The molecule has 1 aliphatic rings. The van der Waals surface area contributed by atoms with Gasteiger partial charge in [-0.25, -0.2) is 14.6 Å². The molecule has 0 aliphatic carbocycles. The smallest absolute Gasteiger partial charge is 0.338 e. The van der Waals surface area contributed by atoms with E-state index in [1.165, 1.54) is 28.0 Å². The summed E-state index contributed by atoms with van der Waals surface area (Å²) in [5.74, 6) is -0.869. The molecule has 3 aromatic carbocycles. The lowest BCUT2D eigenvalue weighted by Gasteiger charge is -2.25. The minimum absolute atomic E-state index is 0.217. The highest BCUT2D eigenvalue weighted by atomic mass is 35.5. The number of allylic oxidation sites excluding steroid dienone is 1. The minimum Gasteiger partial charge on any atom is -0.489 e. The first-order valence-electron chi connectivity index (χ1n) is 13.1. The van der Waals surface area contributed by atoms with Gasteiger partial charge in [0.05, 0.1) is 33.5 Å². The molecular weight excluding hydrogens is 576 g/mol. The normalized spacial score (nSPS) is 14.9. The molecule has 0 saturated heterocycles. The zero-order valence-electron chi connectivity index (χ0n) is 23.0. The van der Waals surface area contributed by atoms with Gasteiger partial charge in [0.2, 0.25) is 0 Å². The van der Waals surface area contributed by atoms with Crippen molar-refractivity contribution in [3.05, 3.63) is 131 Å². The van der Waals surface area contributed by atoms with Gasteiger partial charge in [-0.2, -0.15) is 0 Å². The Balaban J connectivity index is 1.45. The van der Waals surface area contributed by atoms with Crippen LogP contribution in [0.1, 0.15) is 53.9 Å². The van der Waals surface area contributed by atoms with Crippen LogP contribution in [0, 0.1) is 0 Å². The molecule has 1 aromatic heterocycles. The van der Waals surface area contributed by atoms with Crippen molar-refractivity contribution in [3.8, 4) is 5.75 Å². The number of aromatic carboxylic acids is 1. The van der Waals surface area contributed by atoms with Crippen molar-refractivity contribution in [2.24, 2.45) is 4.99 Å². The molecule has 1 N–H and O–H groups in total. The number of rotatable bonds is 8. The number of carbonyl (C=O) groups is 2. The topological polar surface area (TPSA) is 107 Å². The molecular formula is C32H27ClN2O6S. The van der Waals surface area contributed by atoms with E-state index in [9.17, 15) is 14.4 Å². The number of benzene rings is 3. The Bertz CT molecular complexity index is 1850. The number of fused-ring (bicyclic) bond motifs is 1. The summed E-state index contributed by atoms with van der Waals surface area (Å²) in [6.07, 6.45) is 1.44. The van der Waals surface area contributed by atoms with E-state index in [1.54, 1.807) is 75.4 Å². The quantitative estimate of drug-likeness (QED) is 0.281. The highest BCUT2D eigenvalue weighted by Crippen LogP contribution is 2.31. The van der Waals surface area contributed by atoms with Gasteiger partial charge in [0.25, 0.3) is 5.56 Å². The van der Waals surface area contributed by atoms with Crippen LogP contribution in [-0.2, 0) is 16.1 Å². The van der Waals surface area contributed by atoms with Crippen LogP contribution < -0.4 is 19.6 Å². The minimum atomic E-state index is -0.977. The molecule has 10 heteroatoms. The number of thiazole rings is 1. The van der Waals surface area contributed by atoms with E-state index in [-0.39, 0.29) is 23.8 Å². The maximum atomic E-state index is 13.8. The van der Waals surface area contributed by atoms with Gasteiger partial charge in [0.1, 0.15) is 12.4 Å². The van der Waals surface area contributed by atoms with Crippen LogP contribution in [0.5, 0.6) is 5.75 Å². The molecule has 1 atom stereocenters. The van der Waals surface area contributed by atoms with Crippen molar-refractivity contribution in [1.29, 1.82) is 0 Å². The third-order valence-corrected chi connectivity index (χ3v) is 7.79. The van der Waals surface area contributed by atoms with Crippen molar-refractivity contribution in [2.45, 2.75) is 39.5 Å². The number of ether oxygens (including phenoxy) is 2. The van der Waals surface area contributed by atoms with Crippen LogP contribution in [-0.4, -0.2) is 27.7 Å². The van der Waals surface area contributed by atoms with E-state index in [1.807, 2.05) is 12.1 Å². The predicted octanol–water partition coefficient (Wildman–Crippen LogP) is 5.12. The number of hydrogen-bond donors (Lipinski definition) is 1. The van der Waals surface area contributed by atoms with Crippen LogP contribution in [0.3, 0.4) is 0 Å². The molecule has 0 bridgehead atoms. The number of carboxylic acids is 1. The summed E-state index contributed by atoms with van der Waals surface area (Å²) in [6.45, 7) is 5.57. The summed E-state index contributed by atoms with van der Waals surface area (Å²) in [5.41, 5.74) is 3.10. The van der Waals surface area contributed by atoms with E-state index >= 15 is 0 Å². The van der Waals surface area contributed by atoms with Crippen LogP contribution >= 0.6 is 22.9 Å². The zero-order valence-corrected chi connectivity index (χ0v) is 24.6. The summed E-state index contributed by atoms with van der Waals surface area (Å²) in [4.78, 5) is 43.1. The standard InChI is InChI=1S/C32H27ClN2O6S/c1-18(2)41-31(39)27-19(3)34-32-35(28(27)22-10-12-24(33)13-11-22)29(36)26(42-32)16-20-6-14-25(15-7-20)40-17-21-4-8-23(9-5-21)30(37)38/h4-16,18,28H,17H2,1-3H3,(H,37,38)/b26-16+/t28-/m0/s1. The number of esters is 1. The second-order valence-electron chi connectivity index (χ2n) is 9.95. The SMILES string of the molecule is CC1=C(C(=O)OC(C)C)[C@H](c2ccc(Cl)cc2)n2c(s/c(=C/c3ccc(OCc4ccc(C(=O)O)cc4)cc3)c2=O)=N1. The summed E-state index contributed by atoms with van der Waals surface area (Å²) in [7, 11) is 0. The Morgan fingerprint density at radius 3 is 2.33 bits per heavy atom. The molecule has 42 heavy (non-hydrogen) atoms. The van der Waals surface area contributed by atoms with Gasteiger partial charge in [0, 0.05) is 5.02 Å². The Hall–Kier alpha value is -4.47. The van der Waals surface area contributed by atoms with Crippen molar-refractivity contribution >= 4 is 41.0 Å². The van der Waals surface area contributed by atoms with Gasteiger partial charge in [-0.05, 0) is 79.9 Å². The first-order valence-corrected chi connectivity index (χ1v) is 14.3. The number of carboxylic acid groups (broad SMARTS) is 1. The predicted molar refractivity (Wildman–Crippen MR) is 161 cm³/mol. The fraction of sp³-hybridized carbons (Fsp3) is 0.188. The number of carbonyl (C=O) groups excluding carboxylic acids is 1. The molecule has 0 unspecified atom stereocenters. The fourth-order valence-corrected chi connectivity index (χ4v) is 5.72. The highest BCUT2D eigenvalue weighted by Gasteiger charge is 2.33. The largest absolute Gasteiger partial charge is 0.489 e. The molecule has 0 saturated carbocycles. The molecule has 8 nitrogen and oxygen atoms in total. The summed E-state index contributed by atoms with van der Waals surface area (Å²) in [5, 5.41) is 9.59. The second-order valence-corrected chi connectivity index (χ2v) is 11.4. The summed E-state index contributed by atoms with van der Waals surface area (Å²) in [6, 6.07) is 20.1. The number of nitrogens with zero attached hydrogens (tertiary/aromatic N) is 2. The molecule has 0 amide bonds. The van der Waals surface area contributed by atoms with Crippen molar-refractivity contribution in [2.75, 3.05) is 0 Å². The van der Waals surface area contributed by atoms with E-state index < -0.39 is 18.0 Å². The third-order valence-electron chi connectivity index (χ3n) is 6.55. The molecule has 5 rings (SSSR count). The third kappa shape index (κ3) is 6.22. The lowest BCUT2D eigenvalue weighted by atomic mass is 9.96. The first kappa shape index (κ1) is 29.0. The van der Waals surface area contributed by atoms with Gasteiger partial charge in [-0.1, -0.05) is 59.3 Å². The molecule has 1 aliphatic heterocycles. The lowest BCUT2D eigenvalue weighted by molar-refractivity contribution is -0.143. The van der Waals surface area contributed by atoms with Gasteiger partial charge in [-0.15, -0.1) is 0 Å². The average Bonchev–Trinajstić information content (AvgIpc) is 3.26. The molecule has 214 valence electrons. The number of aromatic nitrogens is 1. The van der Waals surface area contributed by atoms with Crippen LogP contribution in [0.2, 0.25) is 5.02 Å². The highest BCUT2D eigenvalue weighted by molar-refractivity contribution is 7.07. The van der Waals surface area contributed by atoms with Gasteiger partial charge in [-0.3, -0.25) is 9.36 Å². The Morgan fingerprint density at radius 2 is 1.71 bits per heavy atom. The zero-order chi connectivity index (χ0) is 30.0. The molecule has 0 radical (unpaired) electrons. The Labute approximate surface area is 250 Å². The number of halogens is 1. The average molecular weight is 603 g/mol. The molecule has 0 spiro atoms. The molecule has 4 aromatic rings. The maximum absolute atomic E-state index is 13.8. The lowest BCUT2D eigenvalue weighted by Crippen LogP contribution is -2.40. The van der Waals surface area contributed by atoms with E-state index in [0.29, 0.717) is 31.4 Å². The van der Waals surface area contributed by atoms with Crippen LogP contribution in [0.25, 0.3) is 6.08 Å². The van der Waals surface area contributed by atoms with Crippen molar-refractivity contribution in [1.82, 2.24) is 4.57 Å². The second kappa shape index (κ2) is 12.2. The van der Waals surface area contributed by atoms with Gasteiger partial charge >= 0.3 is 11.9 Å². The van der Waals surface area contributed by atoms with Crippen LogP contribution in [0.15, 0.2) is 93.9 Å². The van der Waals surface area contributed by atoms with Crippen molar-refractivity contribution in [3.63, 3.8) is 0 Å². The summed E-state index contributed by atoms with van der Waals surface area (Å²) < 4.78 is 13.4. The Kier molecular flexibility index (Phi) is 8.42. The van der Waals surface area contributed by atoms with Gasteiger partial charge < -0.3 is 14.6 Å².